The number of rotatable bonds is 8. The van der Waals surface area contributed by atoms with Gasteiger partial charge in [-0.2, -0.15) is 5.10 Å². The van der Waals surface area contributed by atoms with Crippen molar-refractivity contribution < 1.29 is 19.2 Å². The van der Waals surface area contributed by atoms with Gasteiger partial charge in [0.25, 0.3) is 5.69 Å². The van der Waals surface area contributed by atoms with Gasteiger partial charge in [0.15, 0.2) is 0 Å². The van der Waals surface area contributed by atoms with Gasteiger partial charge in [-0.05, 0) is 38.0 Å². The van der Waals surface area contributed by atoms with E-state index < -0.39 is 16.7 Å². The second-order valence-corrected chi connectivity index (χ2v) is 5.08. The molecule has 1 aromatic rings. The van der Waals surface area contributed by atoms with E-state index in [1.807, 2.05) is 13.8 Å². The fraction of sp³-hybridized carbons (Fsp3) is 0.400. The lowest BCUT2D eigenvalue weighted by Gasteiger charge is -2.07. The summed E-state index contributed by atoms with van der Waals surface area (Å²) in [6.07, 6.45) is 2.01. The number of hydrogen-bond donors (Lipinski definition) is 2. The predicted octanol–water partition coefficient (Wildman–Crippen LogP) is 0.976. The Hall–Kier alpha value is -2.81. The van der Waals surface area contributed by atoms with Crippen molar-refractivity contribution in [3.05, 3.63) is 39.9 Å². The molecular weight excluding hydrogens is 316 g/mol. The topological polar surface area (TPSA) is 123 Å². The van der Waals surface area contributed by atoms with Crippen molar-refractivity contribution >= 4 is 23.7 Å². The first-order valence-corrected chi connectivity index (χ1v) is 7.37. The second kappa shape index (κ2) is 10.1. The first-order chi connectivity index (χ1) is 11.4. The molecule has 0 radical (unpaired) electrons. The van der Waals surface area contributed by atoms with E-state index >= 15 is 0 Å². The highest BCUT2D eigenvalue weighted by Crippen LogP contribution is 2.10. The number of nitro groups is 1. The third kappa shape index (κ3) is 7.45. The summed E-state index contributed by atoms with van der Waals surface area (Å²) in [5.74, 6) is -1.68. The van der Waals surface area contributed by atoms with Crippen LogP contribution in [0.5, 0.6) is 0 Å². The Morgan fingerprint density at radius 2 is 1.96 bits per heavy atom. The molecule has 1 rings (SSSR count). The minimum Gasteiger partial charge on any atom is -0.379 e. The van der Waals surface area contributed by atoms with E-state index in [2.05, 4.69) is 15.8 Å². The minimum atomic E-state index is -0.891. The van der Waals surface area contributed by atoms with Gasteiger partial charge in [-0.3, -0.25) is 19.7 Å². The Morgan fingerprint density at radius 3 is 2.54 bits per heavy atom. The smallest absolute Gasteiger partial charge is 0.329 e. The molecule has 0 fully saturated rings. The summed E-state index contributed by atoms with van der Waals surface area (Å²) in [4.78, 5) is 33.0. The largest absolute Gasteiger partial charge is 0.379 e. The molecule has 2 amide bonds. The Morgan fingerprint density at radius 1 is 1.29 bits per heavy atom. The van der Waals surface area contributed by atoms with Crippen LogP contribution in [0.2, 0.25) is 0 Å². The summed E-state index contributed by atoms with van der Waals surface area (Å²) < 4.78 is 5.30. The maximum Gasteiger partial charge on any atom is 0.329 e. The van der Waals surface area contributed by atoms with Crippen LogP contribution in [-0.2, 0) is 14.3 Å². The molecule has 0 aliphatic heterocycles. The monoisotopic (exact) mass is 336 g/mol. The number of hydrogen-bond acceptors (Lipinski definition) is 6. The lowest BCUT2D eigenvalue weighted by atomic mass is 10.2. The van der Waals surface area contributed by atoms with E-state index in [9.17, 15) is 19.7 Å². The maximum atomic E-state index is 11.5. The average molecular weight is 336 g/mol. The molecule has 0 atom stereocenters. The number of non-ortho nitro benzene ring substituents is 1. The van der Waals surface area contributed by atoms with Gasteiger partial charge in [-0.25, -0.2) is 5.43 Å². The van der Waals surface area contributed by atoms with Crippen LogP contribution in [-0.4, -0.2) is 42.2 Å². The number of nitrogens with zero attached hydrogens (tertiary/aromatic N) is 2. The van der Waals surface area contributed by atoms with Crippen molar-refractivity contribution in [3.63, 3.8) is 0 Å². The van der Waals surface area contributed by atoms with Gasteiger partial charge in [-0.1, -0.05) is 0 Å². The molecule has 0 saturated carbocycles. The first kappa shape index (κ1) is 19.2. The van der Waals surface area contributed by atoms with Crippen LogP contribution in [0.15, 0.2) is 29.4 Å². The van der Waals surface area contributed by atoms with Crippen LogP contribution in [0, 0.1) is 10.1 Å². The summed E-state index contributed by atoms with van der Waals surface area (Å²) in [6, 6.07) is 5.58. The molecule has 0 aliphatic carbocycles. The van der Waals surface area contributed by atoms with E-state index in [1.165, 1.54) is 30.5 Å². The van der Waals surface area contributed by atoms with Crippen LogP contribution < -0.4 is 10.7 Å². The van der Waals surface area contributed by atoms with Crippen molar-refractivity contribution in [1.82, 2.24) is 10.7 Å². The second-order valence-electron chi connectivity index (χ2n) is 5.08. The standard InChI is InChI=1S/C15H20N4O5/c1-11(2)24-9-3-8-16-14(20)15(21)18-17-10-12-4-6-13(7-5-12)19(22)23/h4-7,10-11H,3,8-9H2,1-2H3,(H,16,20)(H,18,21)/b17-10-. The van der Waals surface area contributed by atoms with Crippen molar-refractivity contribution in [1.29, 1.82) is 0 Å². The molecule has 0 bridgehead atoms. The average Bonchev–Trinajstić information content (AvgIpc) is 2.54. The number of amides is 2. The van der Waals surface area contributed by atoms with E-state index in [0.717, 1.165) is 0 Å². The van der Waals surface area contributed by atoms with Gasteiger partial charge < -0.3 is 10.1 Å². The molecule has 9 heteroatoms. The number of carbonyl (C=O) groups is 2. The van der Waals surface area contributed by atoms with Crippen molar-refractivity contribution in [2.45, 2.75) is 26.4 Å². The zero-order valence-electron chi connectivity index (χ0n) is 13.5. The summed E-state index contributed by atoms with van der Waals surface area (Å²) in [6.45, 7) is 4.65. The Balaban J connectivity index is 2.31. The third-order valence-corrected chi connectivity index (χ3v) is 2.75. The van der Waals surface area contributed by atoms with Crippen LogP contribution in [0.1, 0.15) is 25.8 Å². The molecule has 2 N–H and O–H groups in total. The van der Waals surface area contributed by atoms with Crippen LogP contribution in [0.25, 0.3) is 0 Å². The van der Waals surface area contributed by atoms with Gasteiger partial charge in [0, 0.05) is 25.3 Å². The normalized spacial score (nSPS) is 10.8. The van der Waals surface area contributed by atoms with Gasteiger partial charge in [0.1, 0.15) is 0 Å². The lowest BCUT2D eigenvalue weighted by molar-refractivity contribution is -0.384. The Labute approximate surface area is 139 Å². The fourth-order valence-electron chi connectivity index (χ4n) is 1.57. The molecule has 0 aliphatic rings. The minimum absolute atomic E-state index is 0.0444. The summed E-state index contributed by atoms with van der Waals surface area (Å²) >= 11 is 0. The van der Waals surface area contributed by atoms with Gasteiger partial charge in [-0.15, -0.1) is 0 Å². The zero-order valence-corrected chi connectivity index (χ0v) is 13.5. The number of nitro benzene ring substituents is 1. The van der Waals surface area contributed by atoms with Crippen LogP contribution in [0.3, 0.4) is 0 Å². The zero-order chi connectivity index (χ0) is 17.9. The highest BCUT2D eigenvalue weighted by Gasteiger charge is 2.11. The van der Waals surface area contributed by atoms with E-state index in [-0.39, 0.29) is 11.8 Å². The van der Waals surface area contributed by atoms with Crippen molar-refractivity contribution in [2.24, 2.45) is 5.10 Å². The van der Waals surface area contributed by atoms with Crippen LogP contribution >= 0.6 is 0 Å². The molecule has 9 nitrogen and oxygen atoms in total. The molecule has 0 saturated heterocycles. The fourth-order valence-corrected chi connectivity index (χ4v) is 1.57. The molecule has 130 valence electrons. The lowest BCUT2D eigenvalue weighted by Crippen LogP contribution is -2.38. The van der Waals surface area contributed by atoms with E-state index in [4.69, 9.17) is 4.74 Å². The Kier molecular flexibility index (Phi) is 8.06. The molecule has 0 heterocycles. The first-order valence-electron chi connectivity index (χ1n) is 7.37. The highest BCUT2D eigenvalue weighted by atomic mass is 16.6. The number of ether oxygens (including phenoxy) is 1. The Bertz CT molecular complexity index is 598. The molecule has 24 heavy (non-hydrogen) atoms. The summed E-state index contributed by atoms with van der Waals surface area (Å²) in [5.41, 5.74) is 2.58. The third-order valence-electron chi connectivity index (χ3n) is 2.75. The van der Waals surface area contributed by atoms with Crippen molar-refractivity contribution in [2.75, 3.05) is 13.2 Å². The molecule has 0 unspecified atom stereocenters. The van der Waals surface area contributed by atoms with Gasteiger partial charge >= 0.3 is 11.8 Å². The molecular formula is C15H20N4O5. The quantitative estimate of drug-likeness (QED) is 0.241. The SMILES string of the molecule is CC(C)OCCCNC(=O)C(=O)N/N=C\c1ccc([N+](=O)[O-])cc1. The predicted molar refractivity (Wildman–Crippen MR) is 87.5 cm³/mol. The number of benzene rings is 1. The van der Waals surface area contributed by atoms with Gasteiger partial charge in [0.05, 0.1) is 17.2 Å². The number of hydrazone groups is 1. The van der Waals surface area contributed by atoms with Crippen molar-refractivity contribution in [3.8, 4) is 0 Å². The molecule has 0 aromatic heterocycles. The van der Waals surface area contributed by atoms with Gasteiger partial charge in [0.2, 0.25) is 0 Å². The maximum absolute atomic E-state index is 11.5. The van der Waals surface area contributed by atoms with Crippen LogP contribution in [0.4, 0.5) is 5.69 Å². The molecule has 1 aromatic carbocycles. The molecule has 0 spiro atoms. The highest BCUT2D eigenvalue weighted by molar-refractivity contribution is 6.35. The number of nitrogens with one attached hydrogen (secondary N) is 2. The van der Waals surface area contributed by atoms with E-state index in [1.54, 1.807) is 0 Å². The number of carbonyl (C=O) groups excluding carboxylic acids is 2. The summed E-state index contributed by atoms with van der Waals surface area (Å²) in [5, 5.41) is 16.6. The van der Waals surface area contributed by atoms with E-state index in [0.29, 0.717) is 25.1 Å². The summed E-state index contributed by atoms with van der Waals surface area (Å²) in [7, 11) is 0.